The molecule has 0 aliphatic rings. The van der Waals surface area contributed by atoms with E-state index in [0.717, 1.165) is 16.8 Å². The van der Waals surface area contributed by atoms with Gasteiger partial charge in [0.15, 0.2) is 0 Å². The zero-order valence-corrected chi connectivity index (χ0v) is 10.7. The standard InChI is InChI=1S/C14H16FN3O/c1-10-8-17-18-14(10)12-2-4-13(5-3-12)19-9-11(6-15)7-16/h2-6,8H,7,9,16H2,1H3,(H,17,18)/b11-6-. The van der Waals surface area contributed by atoms with E-state index in [0.29, 0.717) is 17.7 Å². The molecule has 0 spiro atoms. The first-order chi connectivity index (χ1) is 9.24. The summed E-state index contributed by atoms with van der Waals surface area (Å²) in [6, 6.07) is 7.53. The molecule has 0 unspecified atom stereocenters. The summed E-state index contributed by atoms with van der Waals surface area (Å²) in [7, 11) is 0. The van der Waals surface area contributed by atoms with Crippen LogP contribution in [0, 0.1) is 6.92 Å². The fourth-order valence-corrected chi connectivity index (χ4v) is 1.67. The first-order valence-electron chi connectivity index (χ1n) is 5.96. The summed E-state index contributed by atoms with van der Waals surface area (Å²) < 4.78 is 17.8. The van der Waals surface area contributed by atoms with Crippen molar-refractivity contribution in [3.63, 3.8) is 0 Å². The minimum atomic E-state index is 0.155. The number of nitrogens with zero attached hydrogens (tertiary/aromatic N) is 1. The molecule has 0 aliphatic heterocycles. The van der Waals surface area contributed by atoms with Crippen LogP contribution in [-0.4, -0.2) is 23.3 Å². The number of H-pyrrole nitrogens is 1. The molecule has 5 heteroatoms. The average Bonchev–Trinajstić information content (AvgIpc) is 2.87. The number of aryl methyl sites for hydroxylation is 1. The van der Waals surface area contributed by atoms with Crippen LogP contribution < -0.4 is 10.5 Å². The number of hydrogen-bond donors (Lipinski definition) is 2. The molecular weight excluding hydrogens is 245 g/mol. The maximum Gasteiger partial charge on any atom is 0.119 e. The third-order valence-corrected chi connectivity index (χ3v) is 2.81. The third-order valence-electron chi connectivity index (χ3n) is 2.81. The monoisotopic (exact) mass is 261 g/mol. The lowest BCUT2D eigenvalue weighted by Gasteiger charge is -2.08. The molecule has 3 N–H and O–H groups in total. The van der Waals surface area contributed by atoms with E-state index in [1.807, 2.05) is 31.2 Å². The Morgan fingerprint density at radius 2 is 2.16 bits per heavy atom. The number of ether oxygens (including phenoxy) is 1. The van der Waals surface area contributed by atoms with Crippen LogP contribution in [0.2, 0.25) is 0 Å². The highest BCUT2D eigenvalue weighted by molar-refractivity contribution is 5.62. The summed E-state index contributed by atoms with van der Waals surface area (Å²) >= 11 is 0. The van der Waals surface area contributed by atoms with E-state index in [2.05, 4.69) is 10.2 Å². The maximum absolute atomic E-state index is 12.3. The second kappa shape index (κ2) is 6.15. The second-order valence-electron chi connectivity index (χ2n) is 4.21. The average molecular weight is 261 g/mol. The van der Waals surface area contributed by atoms with Gasteiger partial charge >= 0.3 is 0 Å². The number of benzene rings is 1. The summed E-state index contributed by atoms with van der Waals surface area (Å²) in [6.07, 6.45) is 2.27. The summed E-state index contributed by atoms with van der Waals surface area (Å²) in [5.74, 6) is 0.675. The van der Waals surface area contributed by atoms with Crippen molar-refractivity contribution in [2.75, 3.05) is 13.2 Å². The third kappa shape index (κ3) is 3.20. The SMILES string of the molecule is Cc1cn[nH]c1-c1ccc(OC/C(=C\F)CN)cc1. The summed E-state index contributed by atoms with van der Waals surface area (Å²) in [5, 5.41) is 6.93. The van der Waals surface area contributed by atoms with Crippen LogP contribution in [0.3, 0.4) is 0 Å². The lowest BCUT2D eigenvalue weighted by atomic mass is 10.1. The van der Waals surface area contributed by atoms with Gasteiger partial charge < -0.3 is 10.5 Å². The predicted octanol–water partition coefficient (Wildman–Crippen LogP) is 2.58. The zero-order valence-electron chi connectivity index (χ0n) is 10.7. The second-order valence-corrected chi connectivity index (χ2v) is 4.21. The lowest BCUT2D eigenvalue weighted by Crippen LogP contribution is -2.10. The van der Waals surface area contributed by atoms with E-state index in [1.54, 1.807) is 6.20 Å². The van der Waals surface area contributed by atoms with Crippen LogP contribution in [0.5, 0.6) is 5.75 Å². The number of nitrogens with one attached hydrogen (secondary N) is 1. The topological polar surface area (TPSA) is 63.9 Å². The Morgan fingerprint density at radius 3 is 2.68 bits per heavy atom. The zero-order chi connectivity index (χ0) is 13.7. The molecule has 100 valence electrons. The molecule has 0 aliphatic carbocycles. The molecule has 2 rings (SSSR count). The first-order valence-corrected chi connectivity index (χ1v) is 5.96. The summed E-state index contributed by atoms with van der Waals surface area (Å²) in [4.78, 5) is 0. The number of halogens is 1. The minimum absolute atomic E-state index is 0.155. The smallest absolute Gasteiger partial charge is 0.119 e. The van der Waals surface area contributed by atoms with Gasteiger partial charge in [0.1, 0.15) is 12.4 Å². The van der Waals surface area contributed by atoms with E-state index < -0.39 is 0 Å². The Morgan fingerprint density at radius 1 is 1.42 bits per heavy atom. The highest BCUT2D eigenvalue weighted by atomic mass is 19.1. The summed E-state index contributed by atoms with van der Waals surface area (Å²) in [6.45, 7) is 2.31. The fraction of sp³-hybridized carbons (Fsp3) is 0.214. The molecule has 0 atom stereocenters. The predicted molar refractivity (Wildman–Crippen MR) is 72.5 cm³/mol. The van der Waals surface area contributed by atoms with Crippen LogP contribution in [0.25, 0.3) is 11.3 Å². The molecular formula is C14H16FN3O. The van der Waals surface area contributed by atoms with Crippen LogP contribution in [0.15, 0.2) is 42.4 Å². The van der Waals surface area contributed by atoms with Crippen molar-refractivity contribution in [3.05, 3.63) is 47.9 Å². The quantitative estimate of drug-likeness (QED) is 0.869. The number of aromatic nitrogens is 2. The number of aromatic amines is 1. The van der Waals surface area contributed by atoms with Gasteiger partial charge in [-0.3, -0.25) is 5.10 Å². The highest BCUT2D eigenvalue weighted by Gasteiger charge is 2.04. The van der Waals surface area contributed by atoms with Crippen molar-refractivity contribution in [1.82, 2.24) is 10.2 Å². The van der Waals surface area contributed by atoms with E-state index in [4.69, 9.17) is 10.5 Å². The molecule has 1 aromatic heterocycles. The van der Waals surface area contributed by atoms with Crippen LogP contribution in [0.4, 0.5) is 4.39 Å². The number of nitrogens with two attached hydrogens (primary N) is 1. The molecule has 1 aromatic carbocycles. The minimum Gasteiger partial charge on any atom is -0.489 e. The van der Waals surface area contributed by atoms with E-state index in [-0.39, 0.29) is 13.2 Å². The molecule has 0 radical (unpaired) electrons. The number of rotatable bonds is 5. The summed E-state index contributed by atoms with van der Waals surface area (Å²) in [5.41, 5.74) is 8.87. The maximum atomic E-state index is 12.3. The van der Waals surface area contributed by atoms with Gasteiger partial charge in [0.25, 0.3) is 0 Å². The molecule has 19 heavy (non-hydrogen) atoms. The van der Waals surface area contributed by atoms with Gasteiger partial charge in [-0.15, -0.1) is 0 Å². The van der Waals surface area contributed by atoms with Crippen molar-refractivity contribution in [3.8, 4) is 17.0 Å². The molecule has 0 bridgehead atoms. The first kappa shape index (κ1) is 13.3. The van der Waals surface area contributed by atoms with Crippen molar-refractivity contribution in [2.24, 2.45) is 5.73 Å². The Balaban J connectivity index is 2.05. The van der Waals surface area contributed by atoms with Gasteiger partial charge in [0, 0.05) is 17.7 Å². The normalized spacial score (nSPS) is 11.6. The molecule has 0 fully saturated rings. The molecule has 0 amide bonds. The largest absolute Gasteiger partial charge is 0.489 e. The van der Waals surface area contributed by atoms with Crippen molar-refractivity contribution < 1.29 is 9.13 Å². The highest BCUT2D eigenvalue weighted by Crippen LogP contribution is 2.23. The van der Waals surface area contributed by atoms with Gasteiger partial charge in [-0.05, 0) is 36.8 Å². The van der Waals surface area contributed by atoms with Gasteiger partial charge in [-0.1, -0.05) is 0 Å². The Labute approximate surface area is 111 Å². The Hall–Kier alpha value is -2.14. The molecule has 1 heterocycles. The van der Waals surface area contributed by atoms with Gasteiger partial charge in [-0.25, -0.2) is 4.39 Å². The van der Waals surface area contributed by atoms with Gasteiger partial charge in [0.2, 0.25) is 0 Å². The van der Waals surface area contributed by atoms with E-state index in [9.17, 15) is 4.39 Å². The molecule has 2 aromatic rings. The van der Waals surface area contributed by atoms with E-state index >= 15 is 0 Å². The molecule has 4 nitrogen and oxygen atoms in total. The van der Waals surface area contributed by atoms with Crippen molar-refractivity contribution in [2.45, 2.75) is 6.92 Å². The fourth-order valence-electron chi connectivity index (χ4n) is 1.67. The van der Waals surface area contributed by atoms with Crippen molar-refractivity contribution in [1.29, 1.82) is 0 Å². The van der Waals surface area contributed by atoms with Crippen LogP contribution >= 0.6 is 0 Å². The van der Waals surface area contributed by atoms with Crippen LogP contribution in [-0.2, 0) is 0 Å². The lowest BCUT2D eigenvalue weighted by molar-refractivity contribution is 0.347. The molecule has 0 saturated carbocycles. The van der Waals surface area contributed by atoms with Gasteiger partial charge in [-0.2, -0.15) is 5.10 Å². The van der Waals surface area contributed by atoms with Gasteiger partial charge in [0.05, 0.1) is 18.2 Å². The van der Waals surface area contributed by atoms with Crippen LogP contribution in [0.1, 0.15) is 5.56 Å². The number of hydrogen-bond acceptors (Lipinski definition) is 3. The molecule has 0 saturated heterocycles. The van der Waals surface area contributed by atoms with E-state index in [1.165, 1.54) is 0 Å². The Kier molecular flexibility index (Phi) is 4.30. The Bertz CT molecular complexity index is 560. The van der Waals surface area contributed by atoms with Crippen molar-refractivity contribution >= 4 is 0 Å².